The fourth-order valence-electron chi connectivity index (χ4n) is 1.57. The van der Waals surface area contributed by atoms with Crippen molar-refractivity contribution in [3.63, 3.8) is 0 Å². The predicted octanol–water partition coefficient (Wildman–Crippen LogP) is 2.12. The molecule has 5 heteroatoms. The molecule has 0 aliphatic heterocycles. The van der Waals surface area contributed by atoms with Crippen LogP contribution in [-0.4, -0.2) is 10.3 Å². The van der Waals surface area contributed by atoms with Gasteiger partial charge >= 0.3 is 0 Å². The van der Waals surface area contributed by atoms with Crippen molar-refractivity contribution < 1.29 is 14.0 Å². The predicted molar refractivity (Wildman–Crippen MR) is 59.8 cm³/mol. The van der Waals surface area contributed by atoms with Crippen molar-refractivity contribution >= 4 is 0 Å². The highest BCUT2D eigenvalue weighted by Crippen LogP contribution is 2.14. The zero-order chi connectivity index (χ0) is 12.3. The molecule has 0 spiro atoms. The molecule has 2 N–H and O–H groups in total. The second-order valence-electron chi connectivity index (χ2n) is 3.86. The van der Waals surface area contributed by atoms with Crippen LogP contribution in [0.1, 0.15) is 17.0 Å². The van der Waals surface area contributed by atoms with E-state index < -0.39 is 5.82 Å². The van der Waals surface area contributed by atoms with Gasteiger partial charge in [-0.05, 0) is 24.6 Å². The average molecular weight is 236 g/mol. The van der Waals surface area contributed by atoms with Crippen molar-refractivity contribution in [2.45, 2.75) is 20.0 Å². The number of rotatable bonds is 4. The first-order valence-electron chi connectivity index (χ1n) is 5.25. The number of aromatic nitrogens is 1. The van der Waals surface area contributed by atoms with Crippen LogP contribution < -0.4 is 5.32 Å². The molecule has 17 heavy (non-hydrogen) atoms. The zero-order valence-electron chi connectivity index (χ0n) is 9.40. The van der Waals surface area contributed by atoms with Gasteiger partial charge < -0.3 is 14.9 Å². The van der Waals surface area contributed by atoms with Gasteiger partial charge in [-0.1, -0.05) is 5.16 Å². The number of halogens is 1. The Morgan fingerprint density at radius 2 is 2.12 bits per heavy atom. The third-order valence-corrected chi connectivity index (χ3v) is 2.25. The van der Waals surface area contributed by atoms with Crippen molar-refractivity contribution in [2.75, 3.05) is 0 Å². The molecule has 0 saturated heterocycles. The van der Waals surface area contributed by atoms with Gasteiger partial charge in [-0.3, -0.25) is 0 Å². The summed E-state index contributed by atoms with van der Waals surface area (Å²) in [5, 5.41) is 16.0. The molecule has 0 aliphatic rings. The smallest absolute Gasteiger partial charge is 0.150 e. The fourth-order valence-corrected chi connectivity index (χ4v) is 1.57. The summed E-state index contributed by atoms with van der Waals surface area (Å²) in [5.41, 5.74) is 1.50. The number of phenols is 1. The Kier molecular flexibility index (Phi) is 3.39. The molecule has 90 valence electrons. The Bertz CT molecular complexity index is 491. The van der Waals surface area contributed by atoms with E-state index in [0.717, 1.165) is 17.5 Å². The maximum Gasteiger partial charge on any atom is 0.150 e. The second-order valence-corrected chi connectivity index (χ2v) is 3.86. The summed E-state index contributed by atoms with van der Waals surface area (Å²) in [5.74, 6) is 0.206. The monoisotopic (exact) mass is 236 g/mol. The molecule has 0 radical (unpaired) electrons. The highest BCUT2D eigenvalue weighted by molar-refractivity contribution is 5.28. The quantitative estimate of drug-likeness (QED) is 0.853. The zero-order valence-corrected chi connectivity index (χ0v) is 9.40. The lowest BCUT2D eigenvalue weighted by Gasteiger charge is -2.03. The van der Waals surface area contributed by atoms with Crippen LogP contribution in [0.2, 0.25) is 0 Å². The van der Waals surface area contributed by atoms with Crippen molar-refractivity contribution in [1.82, 2.24) is 10.5 Å². The Morgan fingerprint density at radius 3 is 2.76 bits per heavy atom. The number of nitrogens with one attached hydrogen (secondary N) is 1. The van der Waals surface area contributed by atoms with E-state index >= 15 is 0 Å². The van der Waals surface area contributed by atoms with Crippen LogP contribution in [0.25, 0.3) is 0 Å². The summed E-state index contributed by atoms with van der Waals surface area (Å²) in [6.07, 6.45) is 0. The van der Waals surface area contributed by atoms with Gasteiger partial charge in [0.05, 0.1) is 12.2 Å². The third kappa shape index (κ3) is 3.29. The van der Waals surface area contributed by atoms with Crippen molar-refractivity contribution in [2.24, 2.45) is 0 Å². The minimum Gasteiger partial charge on any atom is -0.508 e. The van der Waals surface area contributed by atoms with Crippen molar-refractivity contribution in [3.8, 4) is 5.75 Å². The van der Waals surface area contributed by atoms with Crippen molar-refractivity contribution in [3.05, 3.63) is 47.1 Å². The van der Waals surface area contributed by atoms with E-state index in [1.165, 1.54) is 12.1 Å². The van der Waals surface area contributed by atoms with Gasteiger partial charge in [0, 0.05) is 18.7 Å². The van der Waals surface area contributed by atoms with Gasteiger partial charge in [0.1, 0.15) is 11.6 Å². The fraction of sp³-hybridized carbons (Fsp3) is 0.250. The number of aryl methyl sites for hydroxylation is 1. The van der Waals surface area contributed by atoms with Gasteiger partial charge in [0.25, 0.3) is 0 Å². The number of benzene rings is 1. The van der Waals surface area contributed by atoms with E-state index in [-0.39, 0.29) is 5.75 Å². The second kappa shape index (κ2) is 4.97. The van der Waals surface area contributed by atoms with Crippen LogP contribution in [0.15, 0.2) is 28.8 Å². The Morgan fingerprint density at radius 1 is 1.29 bits per heavy atom. The van der Waals surface area contributed by atoms with Crippen LogP contribution in [-0.2, 0) is 13.1 Å². The molecule has 0 amide bonds. The average Bonchev–Trinajstić information content (AvgIpc) is 2.63. The number of hydrogen-bond donors (Lipinski definition) is 2. The van der Waals surface area contributed by atoms with E-state index in [0.29, 0.717) is 18.7 Å². The lowest BCUT2D eigenvalue weighted by molar-refractivity contribution is 0.369. The molecule has 0 aliphatic carbocycles. The Labute approximate surface area is 98.1 Å². The normalized spacial score (nSPS) is 10.7. The number of nitrogens with zero attached hydrogens (tertiary/aromatic N) is 1. The standard InChI is InChI=1S/C12H13FN2O2/c1-8-2-12(17-15-8)7-14-6-9-3-10(13)5-11(16)4-9/h2-5,14,16H,6-7H2,1H3. The molecule has 1 heterocycles. The van der Waals surface area contributed by atoms with Crippen LogP contribution in [0.5, 0.6) is 5.75 Å². The van der Waals surface area contributed by atoms with Gasteiger partial charge in [-0.15, -0.1) is 0 Å². The third-order valence-electron chi connectivity index (χ3n) is 2.25. The summed E-state index contributed by atoms with van der Waals surface area (Å²) in [6.45, 7) is 2.81. The molecule has 2 rings (SSSR count). The van der Waals surface area contributed by atoms with E-state index in [2.05, 4.69) is 10.5 Å². The van der Waals surface area contributed by atoms with Crippen LogP contribution in [0, 0.1) is 12.7 Å². The lowest BCUT2D eigenvalue weighted by atomic mass is 10.2. The van der Waals surface area contributed by atoms with E-state index in [9.17, 15) is 9.50 Å². The summed E-state index contributed by atoms with van der Waals surface area (Å²) in [4.78, 5) is 0. The summed E-state index contributed by atoms with van der Waals surface area (Å²) < 4.78 is 18.0. The van der Waals surface area contributed by atoms with Gasteiger partial charge in [0.15, 0.2) is 5.76 Å². The molecule has 0 bridgehead atoms. The molecule has 0 atom stereocenters. The van der Waals surface area contributed by atoms with Crippen LogP contribution in [0.3, 0.4) is 0 Å². The minimum atomic E-state index is -0.447. The molecule has 0 unspecified atom stereocenters. The topological polar surface area (TPSA) is 58.3 Å². The summed E-state index contributed by atoms with van der Waals surface area (Å²) >= 11 is 0. The van der Waals surface area contributed by atoms with Gasteiger partial charge in [-0.2, -0.15) is 0 Å². The molecule has 4 nitrogen and oxygen atoms in total. The lowest BCUT2D eigenvalue weighted by Crippen LogP contribution is -2.12. The summed E-state index contributed by atoms with van der Waals surface area (Å²) in [6, 6.07) is 5.79. The molecular weight excluding hydrogens is 223 g/mol. The van der Waals surface area contributed by atoms with Gasteiger partial charge in [0.2, 0.25) is 0 Å². The molecule has 2 aromatic rings. The Balaban J connectivity index is 1.89. The SMILES string of the molecule is Cc1cc(CNCc2cc(O)cc(F)c2)on1. The Hall–Kier alpha value is -1.88. The van der Waals surface area contributed by atoms with Crippen LogP contribution >= 0.6 is 0 Å². The first kappa shape index (κ1) is 11.6. The van der Waals surface area contributed by atoms with Gasteiger partial charge in [-0.25, -0.2) is 4.39 Å². The van der Waals surface area contributed by atoms with E-state index in [1.54, 1.807) is 0 Å². The molecule has 0 fully saturated rings. The van der Waals surface area contributed by atoms with E-state index in [1.807, 2.05) is 13.0 Å². The van der Waals surface area contributed by atoms with Crippen LogP contribution in [0.4, 0.5) is 4.39 Å². The molecule has 1 aromatic carbocycles. The first-order valence-corrected chi connectivity index (χ1v) is 5.25. The molecular formula is C12H13FN2O2. The highest BCUT2D eigenvalue weighted by atomic mass is 19.1. The number of aromatic hydroxyl groups is 1. The number of hydrogen-bond acceptors (Lipinski definition) is 4. The highest BCUT2D eigenvalue weighted by Gasteiger charge is 2.02. The molecule has 0 saturated carbocycles. The first-order chi connectivity index (χ1) is 8.13. The van der Waals surface area contributed by atoms with E-state index in [4.69, 9.17) is 4.52 Å². The maximum absolute atomic E-state index is 13.0. The maximum atomic E-state index is 13.0. The summed E-state index contributed by atoms with van der Waals surface area (Å²) in [7, 11) is 0. The largest absolute Gasteiger partial charge is 0.508 e. The molecule has 1 aromatic heterocycles. The number of phenolic OH excluding ortho intramolecular Hbond substituents is 1. The minimum absolute atomic E-state index is 0.0719. The van der Waals surface area contributed by atoms with Crippen molar-refractivity contribution in [1.29, 1.82) is 0 Å².